The van der Waals surface area contributed by atoms with Crippen LogP contribution in [0.15, 0.2) is 35.4 Å². The van der Waals surface area contributed by atoms with Crippen molar-refractivity contribution < 1.29 is 14.9 Å². The second-order valence-electron chi connectivity index (χ2n) is 5.12. The predicted molar refractivity (Wildman–Crippen MR) is 102 cm³/mol. The van der Waals surface area contributed by atoms with E-state index in [4.69, 9.17) is 40.2 Å². The van der Waals surface area contributed by atoms with Crippen molar-refractivity contribution in [2.45, 2.75) is 0 Å². The van der Waals surface area contributed by atoms with Gasteiger partial charge in [-0.1, -0.05) is 23.2 Å². The van der Waals surface area contributed by atoms with Crippen molar-refractivity contribution in [3.05, 3.63) is 50.7 Å². The third-order valence-corrected chi connectivity index (χ3v) is 4.25. The van der Waals surface area contributed by atoms with Crippen LogP contribution >= 0.6 is 35.4 Å². The second-order valence-corrected chi connectivity index (χ2v) is 6.35. The number of aromatic hydroxyl groups is 2. The third kappa shape index (κ3) is 3.52. The van der Waals surface area contributed by atoms with E-state index in [1.807, 2.05) is 0 Å². The van der Waals surface area contributed by atoms with Crippen molar-refractivity contribution in [3.8, 4) is 28.6 Å². The van der Waals surface area contributed by atoms with Gasteiger partial charge in [-0.3, -0.25) is 0 Å². The molecule has 1 aromatic heterocycles. The van der Waals surface area contributed by atoms with Crippen LogP contribution in [0.1, 0.15) is 5.56 Å². The van der Waals surface area contributed by atoms with Crippen LogP contribution in [0.4, 0.5) is 0 Å². The Labute approximate surface area is 163 Å². The number of nitrogens with one attached hydrogen (secondary N) is 1. The molecule has 0 aliphatic heterocycles. The van der Waals surface area contributed by atoms with Crippen LogP contribution in [0, 0.1) is 4.77 Å². The van der Waals surface area contributed by atoms with E-state index in [-0.39, 0.29) is 22.0 Å². The van der Waals surface area contributed by atoms with Crippen LogP contribution in [0.3, 0.4) is 0 Å². The highest BCUT2D eigenvalue weighted by Crippen LogP contribution is 2.36. The molecule has 2 aromatic carbocycles. The summed E-state index contributed by atoms with van der Waals surface area (Å²) >= 11 is 17.3. The van der Waals surface area contributed by atoms with Crippen molar-refractivity contribution >= 4 is 41.6 Å². The fraction of sp³-hybridized carbons (Fsp3) is 0.0625. The molecule has 3 N–H and O–H groups in total. The minimum Gasteiger partial charge on any atom is -0.504 e. The van der Waals surface area contributed by atoms with E-state index in [0.717, 1.165) is 0 Å². The van der Waals surface area contributed by atoms with Crippen LogP contribution in [0.25, 0.3) is 11.4 Å². The number of aromatic amines is 1. The molecular formula is C16H12Cl2N4O3S. The van der Waals surface area contributed by atoms with Crippen molar-refractivity contribution in [3.63, 3.8) is 0 Å². The molecule has 10 heteroatoms. The Hall–Kier alpha value is -2.55. The fourth-order valence-corrected chi connectivity index (χ4v) is 2.88. The van der Waals surface area contributed by atoms with Crippen LogP contribution in [0.5, 0.6) is 17.2 Å². The number of methoxy groups -OCH3 is 1. The smallest absolute Gasteiger partial charge is 0.216 e. The maximum Gasteiger partial charge on any atom is 0.216 e. The van der Waals surface area contributed by atoms with Gasteiger partial charge in [0.25, 0.3) is 0 Å². The number of halogens is 2. The zero-order valence-corrected chi connectivity index (χ0v) is 15.6. The number of H-pyrrole nitrogens is 1. The molecule has 0 aliphatic rings. The molecule has 0 spiro atoms. The normalized spacial score (nSPS) is 11.2. The molecule has 0 radical (unpaired) electrons. The van der Waals surface area contributed by atoms with Crippen LogP contribution < -0.4 is 4.74 Å². The van der Waals surface area contributed by atoms with Crippen molar-refractivity contribution in [1.82, 2.24) is 14.9 Å². The summed E-state index contributed by atoms with van der Waals surface area (Å²) in [4.78, 5) is 0. The summed E-state index contributed by atoms with van der Waals surface area (Å²) in [5.41, 5.74) is 1.07. The second kappa shape index (κ2) is 7.36. The average Bonchev–Trinajstić information content (AvgIpc) is 2.96. The number of ether oxygens (including phenoxy) is 1. The molecule has 0 fully saturated rings. The molecule has 1 heterocycles. The average molecular weight is 411 g/mol. The molecule has 0 atom stereocenters. The van der Waals surface area contributed by atoms with E-state index in [0.29, 0.717) is 27.0 Å². The highest BCUT2D eigenvalue weighted by atomic mass is 35.5. The molecule has 3 rings (SSSR count). The number of phenols is 2. The van der Waals surface area contributed by atoms with E-state index in [2.05, 4.69) is 15.3 Å². The van der Waals surface area contributed by atoms with Crippen molar-refractivity contribution in [2.24, 2.45) is 5.10 Å². The zero-order valence-electron chi connectivity index (χ0n) is 13.3. The molecule has 0 saturated carbocycles. The van der Waals surface area contributed by atoms with Gasteiger partial charge in [-0.15, -0.1) is 0 Å². The van der Waals surface area contributed by atoms with Gasteiger partial charge in [-0.2, -0.15) is 14.9 Å². The Bertz CT molecular complexity index is 1060. The summed E-state index contributed by atoms with van der Waals surface area (Å²) in [5, 5.41) is 31.4. The molecule has 3 aromatic rings. The van der Waals surface area contributed by atoms with Crippen molar-refractivity contribution in [2.75, 3.05) is 7.11 Å². The Kier molecular flexibility index (Phi) is 5.17. The molecule has 7 nitrogen and oxygen atoms in total. The van der Waals surface area contributed by atoms with E-state index < -0.39 is 0 Å². The topological polar surface area (TPSA) is 95.7 Å². The number of phenolic OH excluding ortho intramolecular Hbond substituents is 2. The number of nitrogens with zero attached hydrogens (tertiary/aromatic N) is 3. The Morgan fingerprint density at radius 1 is 1.27 bits per heavy atom. The maximum atomic E-state index is 9.75. The lowest BCUT2D eigenvalue weighted by Crippen LogP contribution is -1.96. The number of hydrogen-bond acceptors (Lipinski definition) is 6. The minimum absolute atomic E-state index is 0.114. The number of hydrogen-bond donors (Lipinski definition) is 3. The zero-order chi connectivity index (χ0) is 18.8. The van der Waals surface area contributed by atoms with E-state index in [1.54, 1.807) is 18.2 Å². The van der Waals surface area contributed by atoms with Gasteiger partial charge in [-0.25, -0.2) is 5.10 Å². The molecule has 0 amide bonds. The van der Waals surface area contributed by atoms with Gasteiger partial charge in [0, 0.05) is 16.1 Å². The lowest BCUT2D eigenvalue weighted by molar-refractivity contribution is 0.351. The quantitative estimate of drug-likeness (QED) is 0.340. The van der Waals surface area contributed by atoms with Gasteiger partial charge in [-0.05, 0) is 42.5 Å². The van der Waals surface area contributed by atoms with Gasteiger partial charge >= 0.3 is 0 Å². The Morgan fingerprint density at radius 3 is 2.73 bits per heavy atom. The summed E-state index contributed by atoms with van der Waals surface area (Å²) in [6.45, 7) is 0. The minimum atomic E-state index is -0.349. The lowest BCUT2D eigenvalue weighted by Gasteiger charge is -2.06. The summed E-state index contributed by atoms with van der Waals surface area (Å²) in [7, 11) is 1.38. The predicted octanol–water partition coefficient (Wildman–Crippen LogP) is 4.22. The largest absolute Gasteiger partial charge is 0.504 e. The van der Waals surface area contributed by atoms with Crippen LogP contribution in [0.2, 0.25) is 10.0 Å². The summed E-state index contributed by atoms with van der Waals surface area (Å²) < 4.78 is 6.62. The molecule has 26 heavy (non-hydrogen) atoms. The molecular weight excluding hydrogens is 399 g/mol. The Balaban J connectivity index is 2.04. The molecule has 0 unspecified atom stereocenters. The first-order valence-electron chi connectivity index (χ1n) is 7.18. The monoisotopic (exact) mass is 410 g/mol. The highest BCUT2D eigenvalue weighted by Gasteiger charge is 2.13. The van der Waals surface area contributed by atoms with Gasteiger partial charge in [0.15, 0.2) is 17.3 Å². The first-order chi connectivity index (χ1) is 12.4. The first-order valence-corrected chi connectivity index (χ1v) is 8.34. The number of benzene rings is 2. The van der Waals surface area contributed by atoms with E-state index in [1.165, 1.54) is 30.1 Å². The van der Waals surface area contributed by atoms with Gasteiger partial charge in [0.05, 0.1) is 18.3 Å². The van der Waals surface area contributed by atoms with E-state index >= 15 is 0 Å². The summed E-state index contributed by atoms with van der Waals surface area (Å²) in [5.74, 6) is -0.174. The van der Waals surface area contributed by atoms with E-state index in [9.17, 15) is 10.2 Å². The standard InChI is InChI=1S/C16H12Cl2N4O3S/c1-25-13-5-8(4-12(23)14(13)24)7-19-22-15(20-21-16(22)26)10-3-2-9(17)6-11(10)18/h2-7,23-24H,1H3,(H,21,26)/b19-7+. The van der Waals surface area contributed by atoms with Crippen LogP contribution in [-0.4, -0.2) is 38.4 Å². The molecule has 0 bridgehead atoms. The first kappa shape index (κ1) is 18.2. The van der Waals surface area contributed by atoms with Crippen molar-refractivity contribution in [1.29, 1.82) is 0 Å². The summed E-state index contributed by atoms with van der Waals surface area (Å²) in [6, 6.07) is 7.82. The van der Waals surface area contributed by atoms with Gasteiger partial charge in [0.2, 0.25) is 10.5 Å². The fourth-order valence-electron chi connectivity index (χ4n) is 2.21. The molecule has 134 valence electrons. The maximum absolute atomic E-state index is 9.75. The molecule has 0 aliphatic carbocycles. The summed E-state index contributed by atoms with van der Waals surface area (Å²) in [6.07, 6.45) is 1.43. The lowest BCUT2D eigenvalue weighted by atomic mass is 10.2. The molecule has 0 saturated heterocycles. The highest BCUT2D eigenvalue weighted by molar-refractivity contribution is 7.71. The van der Waals surface area contributed by atoms with Gasteiger partial charge < -0.3 is 14.9 Å². The SMILES string of the molecule is COc1cc(/C=N/n2c(-c3ccc(Cl)cc3Cl)n[nH]c2=S)cc(O)c1O. The van der Waals surface area contributed by atoms with Crippen LogP contribution in [-0.2, 0) is 0 Å². The number of rotatable bonds is 4. The van der Waals surface area contributed by atoms with Gasteiger partial charge in [0.1, 0.15) is 0 Å². The Morgan fingerprint density at radius 2 is 2.04 bits per heavy atom. The third-order valence-electron chi connectivity index (χ3n) is 3.44. The number of aromatic nitrogens is 3.